The van der Waals surface area contributed by atoms with Crippen LogP contribution in [0.1, 0.15) is 96.8 Å². The van der Waals surface area contributed by atoms with E-state index in [0.717, 1.165) is 6.04 Å². The second kappa shape index (κ2) is 14.8. The molecule has 1 nitrogen and oxygen atoms in total. The first kappa shape index (κ1) is 19.4. The van der Waals surface area contributed by atoms with Crippen molar-refractivity contribution in [1.29, 1.82) is 0 Å². The third-order valence-corrected chi connectivity index (χ3v) is 4.33. The van der Waals surface area contributed by atoms with Crippen LogP contribution in [0.2, 0.25) is 0 Å². The Balaban J connectivity index is 0.00000324. The molecule has 1 unspecified atom stereocenters. The summed E-state index contributed by atoms with van der Waals surface area (Å²) in [4.78, 5) is 0. The van der Waals surface area contributed by atoms with Gasteiger partial charge in [0, 0.05) is 6.04 Å². The van der Waals surface area contributed by atoms with Gasteiger partial charge >= 0.3 is 0 Å². The number of rotatable bonds is 13. The van der Waals surface area contributed by atoms with Crippen LogP contribution in [0.5, 0.6) is 0 Å². The van der Waals surface area contributed by atoms with Gasteiger partial charge in [0.15, 0.2) is 0 Å². The number of halogens is 1. The lowest BCUT2D eigenvalue weighted by atomic mass is 9.99. The zero-order valence-electron chi connectivity index (χ0n) is 13.1. The molecule has 1 N–H and O–H groups in total. The first-order valence-corrected chi connectivity index (χ1v) is 8.67. The molecule has 0 saturated carbocycles. The quantitative estimate of drug-likeness (QED) is 0.406. The minimum absolute atomic E-state index is 0. The van der Waals surface area contributed by atoms with Crippen molar-refractivity contribution in [2.75, 3.05) is 6.54 Å². The van der Waals surface area contributed by atoms with Gasteiger partial charge in [-0.2, -0.15) is 0 Å². The molecule has 1 heterocycles. The molecule has 0 amide bonds. The molecule has 2 heteroatoms. The van der Waals surface area contributed by atoms with Crippen molar-refractivity contribution >= 4 is 17.0 Å². The maximum atomic E-state index is 3.49. The van der Waals surface area contributed by atoms with E-state index in [2.05, 4.69) is 12.2 Å². The highest BCUT2D eigenvalue weighted by Crippen LogP contribution is 2.15. The Kier molecular flexibility index (Phi) is 15.2. The molecule has 0 radical (unpaired) electrons. The first-order valence-electron chi connectivity index (χ1n) is 8.67. The highest BCUT2D eigenvalue weighted by molar-refractivity contribution is 8.93. The van der Waals surface area contributed by atoms with Crippen molar-refractivity contribution in [3.63, 3.8) is 0 Å². The fraction of sp³-hybridized carbons (Fsp3) is 1.00. The van der Waals surface area contributed by atoms with Crippen LogP contribution >= 0.6 is 17.0 Å². The van der Waals surface area contributed by atoms with Crippen LogP contribution in [0.3, 0.4) is 0 Å². The Hall–Kier alpha value is 0.440. The Bertz CT molecular complexity index is 169. The molecular formula is C17H36BrN. The summed E-state index contributed by atoms with van der Waals surface area (Å²) in [6, 6.07) is 0.883. The molecule has 1 rings (SSSR count). The van der Waals surface area contributed by atoms with Crippen LogP contribution < -0.4 is 5.32 Å². The highest BCUT2D eigenvalue weighted by Gasteiger charge is 2.14. The van der Waals surface area contributed by atoms with Crippen molar-refractivity contribution < 1.29 is 0 Å². The Morgan fingerprint density at radius 1 is 0.737 bits per heavy atom. The van der Waals surface area contributed by atoms with Gasteiger partial charge in [0.1, 0.15) is 0 Å². The number of hydrogen-bond donors (Lipinski definition) is 1. The van der Waals surface area contributed by atoms with Gasteiger partial charge in [-0.1, -0.05) is 84.0 Å². The topological polar surface area (TPSA) is 12.0 Å². The molecule has 1 fully saturated rings. The van der Waals surface area contributed by atoms with E-state index in [4.69, 9.17) is 0 Å². The summed E-state index contributed by atoms with van der Waals surface area (Å²) in [5.74, 6) is 0. The summed E-state index contributed by atoms with van der Waals surface area (Å²) < 4.78 is 0. The fourth-order valence-electron chi connectivity index (χ4n) is 2.83. The first-order chi connectivity index (χ1) is 8.93. The summed E-state index contributed by atoms with van der Waals surface area (Å²) in [5, 5.41) is 3.49. The highest BCUT2D eigenvalue weighted by atomic mass is 79.9. The van der Waals surface area contributed by atoms with E-state index >= 15 is 0 Å². The Morgan fingerprint density at radius 2 is 1.16 bits per heavy atom. The summed E-state index contributed by atoms with van der Waals surface area (Å²) >= 11 is 0. The van der Waals surface area contributed by atoms with Crippen molar-refractivity contribution in [3.8, 4) is 0 Å². The lowest BCUT2D eigenvalue weighted by Crippen LogP contribution is -2.42. The molecule has 1 aliphatic heterocycles. The fourth-order valence-corrected chi connectivity index (χ4v) is 2.83. The Labute approximate surface area is 132 Å². The third kappa shape index (κ3) is 11.9. The Morgan fingerprint density at radius 3 is 1.53 bits per heavy atom. The van der Waals surface area contributed by atoms with E-state index in [1.807, 2.05) is 0 Å². The van der Waals surface area contributed by atoms with Crippen LogP contribution in [0, 0.1) is 0 Å². The zero-order valence-corrected chi connectivity index (χ0v) is 14.8. The van der Waals surface area contributed by atoms with Crippen LogP contribution in [0.15, 0.2) is 0 Å². The molecule has 1 saturated heterocycles. The minimum Gasteiger partial charge on any atom is -0.314 e. The van der Waals surface area contributed by atoms with E-state index in [0.29, 0.717) is 0 Å². The van der Waals surface area contributed by atoms with Crippen molar-refractivity contribution in [2.45, 2.75) is 103 Å². The smallest absolute Gasteiger partial charge is 0.00791 e. The van der Waals surface area contributed by atoms with Gasteiger partial charge in [0.25, 0.3) is 0 Å². The molecule has 1 aliphatic rings. The largest absolute Gasteiger partial charge is 0.314 e. The molecule has 1 atom stereocenters. The van der Waals surface area contributed by atoms with Gasteiger partial charge in [-0.05, 0) is 19.4 Å². The van der Waals surface area contributed by atoms with E-state index < -0.39 is 0 Å². The van der Waals surface area contributed by atoms with Crippen molar-refractivity contribution in [1.82, 2.24) is 5.32 Å². The lowest BCUT2D eigenvalue weighted by molar-refractivity contribution is 0.339. The van der Waals surface area contributed by atoms with Crippen molar-refractivity contribution in [2.24, 2.45) is 0 Å². The summed E-state index contributed by atoms with van der Waals surface area (Å²) in [6.45, 7) is 3.56. The van der Waals surface area contributed by atoms with Crippen molar-refractivity contribution in [3.05, 3.63) is 0 Å². The molecule has 0 aromatic heterocycles. The molecule has 0 aromatic rings. The van der Waals surface area contributed by atoms with E-state index in [-0.39, 0.29) is 17.0 Å². The number of hydrogen-bond acceptors (Lipinski definition) is 1. The molecular weight excluding hydrogens is 298 g/mol. The zero-order chi connectivity index (χ0) is 12.9. The minimum atomic E-state index is 0. The number of nitrogens with one attached hydrogen (secondary N) is 1. The van der Waals surface area contributed by atoms with E-state index in [1.165, 1.54) is 96.4 Å². The van der Waals surface area contributed by atoms with Crippen LogP contribution in [-0.4, -0.2) is 12.6 Å². The predicted molar refractivity (Wildman–Crippen MR) is 92.4 cm³/mol. The molecule has 116 valence electrons. The van der Waals surface area contributed by atoms with E-state index in [9.17, 15) is 0 Å². The molecule has 0 aliphatic carbocycles. The van der Waals surface area contributed by atoms with Gasteiger partial charge in [-0.15, -0.1) is 17.0 Å². The SMILES string of the molecule is Br.CCCCCCCCCCCCCCC1CCN1. The van der Waals surface area contributed by atoms with Gasteiger partial charge in [0.2, 0.25) is 0 Å². The van der Waals surface area contributed by atoms with Crippen LogP contribution in [0.25, 0.3) is 0 Å². The summed E-state index contributed by atoms with van der Waals surface area (Å²) in [6.07, 6.45) is 20.4. The summed E-state index contributed by atoms with van der Waals surface area (Å²) in [5.41, 5.74) is 0. The second-order valence-corrected chi connectivity index (χ2v) is 6.12. The predicted octanol–water partition coefficient (Wildman–Crippen LogP) is 6.02. The van der Waals surface area contributed by atoms with Gasteiger partial charge in [-0.3, -0.25) is 0 Å². The molecule has 19 heavy (non-hydrogen) atoms. The van der Waals surface area contributed by atoms with Crippen LogP contribution in [0.4, 0.5) is 0 Å². The number of unbranched alkanes of at least 4 members (excludes halogenated alkanes) is 11. The third-order valence-electron chi connectivity index (χ3n) is 4.33. The average Bonchev–Trinajstić information content (AvgIpc) is 2.33. The standard InChI is InChI=1S/C17H35N.BrH/c1-2-3-4-5-6-7-8-9-10-11-12-13-14-17-15-16-18-17;/h17-18H,2-16H2,1H3;1H. The maximum absolute atomic E-state index is 3.49. The van der Waals surface area contributed by atoms with Gasteiger partial charge in [0.05, 0.1) is 0 Å². The monoisotopic (exact) mass is 333 g/mol. The lowest BCUT2D eigenvalue weighted by Gasteiger charge is -2.27. The summed E-state index contributed by atoms with van der Waals surface area (Å²) in [7, 11) is 0. The van der Waals surface area contributed by atoms with Crippen LogP contribution in [-0.2, 0) is 0 Å². The normalized spacial score (nSPS) is 17.8. The second-order valence-electron chi connectivity index (χ2n) is 6.12. The molecule has 0 spiro atoms. The van der Waals surface area contributed by atoms with E-state index in [1.54, 1.807) is 0 Å². The van der Waals surface area contributed by atoms with Gasteiger partial charge in [-0.25, -0.2) is 0 Å². The maximum Gasteiger partial charge on any atom is 0.00791 e. The average molecular weight is 334 g/mol. The molecule has 0 bridgehead atoms. The van der Waals surface area contributed by atoms with Gasteiger partial charge < -0.3 is 5.32 Å². The molecule has 0 aromatic carbocycles.